The summed E-state index contributed by atoms with van der Waals surface area (Å²) < 4.78 is 0. The van der Waals surface area contributed by atoms with Crippen LogP contribution in [0.1, 0.15) is 38.2 Å². The van der Waals surface area contributed by atoms with E-state index >= 15 is 0 Å². The minimum atomic E-state index is -0.918. The van der Waals surface area contributed by atoms with Crippen molar-refractivity contribution in [2.45, 2.75) is 13.0 Å². The van der Waals surface area contributed by atoms with E-state index in [0.717, 1.165) is 34.4 Å². The molecular weight excluding hydrogens is 370 g/mol. The number of hydrogen-bond donors (Lipinski definition) is 1. The van der Waals surface area contributed by atoms with Gasteiger partial charge in [0.05, 0.1) is 5.56 Å². The van der Waals surface area contributed by atoms with E-state index in [1.54, 1.807) is 12.1 Å². The van der Waals surface area contributed by atoms with Crippen molar-refractivity contribution in [2.75, 3.05) is 0 Å². The number of nitrogens with zero attached hydrogens (tertiary/aromatic N) is 1. The molecule has 1 N–H and O–H groups in total. The first-order chi connectivity index (χ1) is 14.6. The minimum absolute atomic E-state index is 0.288. The van der Waals surface area contributed by atoms with E-state index in [4.69, 9.17) is 5.11 Å². The van der Waals surface area contributed by atoms with Gasteiger partial charge in [-0.2, -0.15) is 0 Å². The van der Waals surface area contributed by atoms with E-state index in [-0.39, 0.29) is 5.56 Å². The highest BCUT2D eigenvalue weighted by Crippen LogP contribution is 2.30. The fourth-order valence-electron chi connectivity index (χ4n) is 3.39. The van der Waals surface area contributed by atoms with Gasteiger partial charge in [0, 0.05) is 36.0 Å². The zero-order valence-corrected chi connectivity index (χ0v) is 16.5. The number of carbonyl (C=O) groups is 1. The molecule has 0 amide bonds. The summed E-state index contributed by atoms with van der Waals surface area (Å²) in [5.41, 5.74) is 6.56. The fourth-order valence-corrected chi connectivity index (χ4v) is 3.39. The highest BCUT2D eigenvalue weighted by atomic mass is 16.4. The normalized spacial score (nSPS) is 12.1. The lowest BCUT2D eigenvalue weighted by Gasteiger charge is -2.28. The SMILES string of the molecule is C=C1c2cc(C#CCc3ccccc3)ccc2C=CN1Cc1ccc(C(=O)O)cc1. The number of hydrogen-bond acceptors (Lipinski definition) is 2. The topological polar surface area (TPSA) is 40.5 Å². The third-order valence-electron chi connectivity index (χ3n) is 5.07. The zero-order chi connectivity index (χ0) is 20.9. The molecule has 30 heavy (non-hydrogen) atoms. The second kappa shape index (κ2) is 8.55. The summed E-state index contributed by atoms with van der Waals surface area (Å²) in [6.45, 7) is 4.90. The predicted octanol–water partition coefficient (Wildman–Crippen LogP) is 5.44. The number of carboxylic acid groups (broad SMARTS) is 1. The third kappa shape index (κ3) is 4.34. The molecule has 3 aromatic carbocycles. The molecule has 1 aliphatic rings. The molecule has 0 aliphatic carbocycles. The zero-order valence-electron chi connectivity index (χ0n) is 16.5. The Morgan fingerprint density at radius 3 is 2.47 bits per heavy atom. The van der Waals surface area contributed by atoms with Gasteiger partial charge in [0.1, 0.15) is 0 Å². The van der Waals surface area contributed by atoms with Crippen LogP contribution in [-0.4, -0.2) is 16.0 Å². The Hall–Kier alpha value is -4.03. The summed E-state index contributed by atoms with van der Waals surface area (Å²) in [6, 6.07) is 23.3. The van der Waals surface area contributed by atoms with Gasteiger partial charge in [-0.3, -0.25) is 0 Å². The fraction of sp³-hybridized carbons (Fsp3) is 0.0741. The van der Waals surface area contributed by atoms with Crippen LogP contribution in [0.15, 0.2) is 85.6 Å². The van der Waals surface area contributed by atoms with Gasteiger partial charge in [-0.15, -0.1) is 0 Å². The van der Waals surface area contributed by atoms with Gasteiger partial charge < -0.3 is 10.0 Å². The van der Waals surface area contributed by atoms with Crippen molar-refractivity contribution in [3.05, 3.63) is 119 Å². The summed E-state index contributed by atoms with van der Waals surface area (Å²) in [4.78, 5) is 13.1. The van der Waals surface area contributed by atoms with Crippen molar-refractivity contribution in [3.63, 3.8) is 0 Å². The molecule has 0 fully saturated rings. The molecule has 0 unspecified atom stereocenters. The lowest BCUT2D eigenvalue weighted by molar-refractivity contribution is 0.0697. The number of benzene rings is 3. The van der Waals surface area contributed by atoms with Gasteiger partial charge in [0.25, 0.3) is 0 Å². The standard InChI is InChI=1S/C27H21NO2/c1-20-26-18-22(9-5-8-21-6-3-2-4-7-21)10-13-24(26)16-17-28(20)19-23-11-14-25(15-12-23)27(29)30/h2-4,6-7,10-18H,1,8,19H2,(H,29,30). The molecule has 0 saturated heterocycles. The Bertz CT molecular complexity index is 1180. The summed E-state index contributed by atoms with van der Waals surface area (Å²) in [5.74, 6) is 5.58. The number of aromatic carboxylic acids is 1. The highest BCUT2D eigenvalue weighted by molar-refractivity contribution is 5.87. The molecule has 0 atom stereocenters. The van der Waals surface area contributed by atoms with E-state index in [9.17, 15) is 4.79 Å². The van der Waals surface area contributed by atoms with Crippen LogP contribution in [0.3, 0.4) is 0 Å². The average Bonchev–Trinajstić information content (AvgIpc) is 2.77. The molecule has 3 heteroatoms. The van der Waals surface area contributed by atoms with Crippen LogP contribution in [0.25, 0.3) is 11.8 Å². The van der Waals surface area contributed by atoms with Crippen LogP contribution >= 0.6 is 0 Å². The second-order valence-electron chi connectivity index (χ2n) is 7.16. The Labute approximate surface area is 176 Å². The molecule has 146 valence electrons. The van der Waals surface area contributed by atoms with Gasteiger partial charge in [0.15, 0.2) is 0 Å². The summed E-state index contributed by atoms with van der Waals surface area (Å²) in [7, 11) is 0. The maximum Gasteiger partial charge on any atom is 0.335 e. The van der Waals surface area contributed by atoms with Crippen molar-refractivity contribution in [1.82, 2.24) is 4.90 Å². The van der Waals surface area contributed by atoms with Crippen molar-refractivity contribution in [2.24, 2.45) is 0 Å². The van der Waals surface area contributed by atoms with Crippen LogP contribution in [0.2, 0.25) is 0 Å². The van der Waals surface area contributed by atoms with Crippen molar-refractivity contribution >= 4 is 17.7 Å². The maximum absolute atomic E-state index is 11.0. The highest BCUT2D eigenvalue weighted by Gasteiger charge is 2.16. The van der Waals surface area contributed by atoms with Crippen molar-refractivity contribution < 1.29 is 9.90 Å². The molecule has 0 radical (unpaired) electrons. The first-order valence-corrected chi connectivity index (χ1v) is 9.73. The summed E-state index contributed by atoms with van der Waals surface area (Å²) in [6.07, 6.45) is 4.80. The van der Waals surface area contributed by atoms with Crippen molar-refractivity contribution in [1.29, 1.82) is 0 Å². The number of rotatable bonds is 4. The molecule has 1 aliphatic heterocycles. The van der Waals surface area contributed by atoms with Gasteiger partial charge in [-0.1, -0.05) is 67.0 Å². The van der Waals surface area contributed by atoms with E-state index in [1.165, 1.54) is 5.56 Å². The monoisotopic (exact) mass is 391 g/mol. The van der Waals surface area contributed by atoms with Crippen LogP contribution in [-0.2, 0) is 13.0 Å². The summed E-state index contributed by atoms with van der Waals surface area (Å²) in [5, 5.41) is 9.05. The smallest absolute Gasteiger partial charge is 0.335 e. The molecule has 0 bridgehead atoms. The third-order valence-corrected chi connectivity index (χ3v) is 5.07. The lowest BCUT2D eigenvalue weighted by Crippen LogP contribution is -2.18. The quantitative estimate of drug-likeness (QED) is 0.603. The number of carboxylic acids is 1. The molecule has 3 nitrogen and oxygen atoms in total. The second-order valence-corrected chi connectivity index (χ2v) is 7.16. The number of fused-ring (bicyclic) bond motifs is 1. The Kier molecular flexibility index (Phi) is 5.50. The molecule has 1 heterocycles. The first-order valence-electron chi connectivity index (χ1n) is 9.73. The van der Waals surface area contributed by atoms with Gasteiger partial charge in [0.2, 0.25) is 0 Å². The Morgan fingerprint density at radius 1 is 0.967 bits per heavy atom. The Balaban J connectivity index is 1.49. The van der Waals surface area contributed by atoms with Crippen LogP contribution < -0.4 is 0 Å². The maximum atomic E-state index is 11.0. The molecule has 0 saturated carbocycles. The Morgan fingerprint density at radius 2 is 1.73 bits per heavy atom. The summed E-state index contributed by atoms with van der Waals surface area (Å²) >= 11 is 0. The first kappa shape index (κ1) is 19.3. The molecule has 0 aromatic heterocycles. The van der Waals surface area contributed by atoms with E-state index in [2.05, 4.69) is 53.7 Å². The molecular formula is C27H21NO2. The predicted molar refractivity (Wildman–Crippen MR) is 120 cm³/mol. The molecule has 4 rings (SSSR count). The van der Waals surface area contributed by atoms with Crippen molar-refractivity contribution in [3.8, 4) is 11.8 Å². The van der Waals surface area contributed by atoms with Gasteiger partial charge >= 0.3 is 5.97 Å². The molecule has 0 spiro atoms. The largest absolute Gasteiger partial charge is 0.478 e. The van der Waals surface area contributed by atoms with E-state index in [0.29, 0.717) is 6.54 Å². The van der Waals surface area contributed by atoms with Gasteiger partial charge in [-0.25, -0.2) is 4.79 Å². The van der Waals surface area contributed by atoms with Crippen LogP contribution in [0, 0.1) is 11.8 Å². The van der Waals surface area contributed by atoms with E-state index in [1.807, 2.05) is 42.6 Å². The lowest BCUT2D eigenvalue weighted by atomic mass is 9.98. The average molecular weight is 391 g/mol. The van der Waals surface area contributed by atoms with Crippen LogP contribution in [0.5, 0.6) is 0 Å². The van der Waals surface area contributed by atoms with E-state index < -0.39 is 5.97 Å². The van der Waals surface area contributed by atoms with Crippen LogP contribution in [0.4, 0.5) is 0 Å². The minimum Gasteiger partial charge on any atom is -0.478 e. The van der Waals surface area contributed by atoms with Gasteiger partial charge in [-0.05, 0) is 47.0 Å². The molecule has 3 aromatic rings.